The molecular formula is C12H19N3O3S. The first-order chi connectivity index (χ1) is 9.04. The van der Waals surface area contributed by atoms with Crippen LogP contribution in [0, 0.1) is 0 Å². The number of nitrogens with two attached hydrogens (primary N) is 1. The van der Waals surface area contributed by atoms with E-state index in [4.69, 9.17) is 10.5 Å². The molecule has 1 aliphatic heterocycles. The molecule has 1 saturated heterocycles. The van der Waals surface area contributed by atoms with E-state index in [0.29, 0.717) is 19.7 Å². The second-order valence-corrected chi connectivity index (χ2v) is 6.44. The molecule has 2 rings (SSSR count). The van der Waals surface area contributed by atoms with Crippen LogP contribution in [-0.4, -0.2) is 43.5 Å². The Kier molecular flexibility index (Phi) is 4.38. The zero-order chi connectivity index (χ0) is 13.9. The van der Waals surface area contributed by atoms with Crippen LogP contribution in [0.3, 0.4) is 0 Å². The monoisotopic (exact) mass is 285 g/mol. The molecule has 19 heavy (non-hydrogen) atoms. The van der Waals surface area contributed by atoms with Crippen molar-refractivity contribution in [3.63, 3.8) is 0 Å². The number of aromatic nitrogens is 1. The summed E-state index contributed by atoms with van der Waals surface area (Å²) in [5, 5.41) is 0. The molecule has 6 nitrogen and oxygen atoms in total. The third kappa shape index (κ3) is 3.23. The maximum atomic E-state index is 12.5. The first kappa shape index (κ1) is 14.2. The zero-order valence-electron chi connectivity index (χ0n) is 10.9. The number of nitrogen functional groups attached to an aromatic ring is 1. The topological polar surface area (TPSA) is 85.5 Å². The first-order valence-corrected chi connectivity index (χ1v) is 7.81. The van der Waals surface area contributed by atoms with Gasteiger partial charge in [0.1, 0.15) is 5.82 Å². The Labute approximate surface area is 113 Å². The summed E-state index contributed by atoms with van der Waals surface area (Å²) in [6.07, 6.45) is 3.10. The van der Waals surface area contributed by atoms with E-state index in [1.165, 1.54) is 22.6 Å². The standard InChI is InChI=1S/C12H19N3O3S/c1-2-18-10-4-3-7-15(9-10)19(16,17)11-5-6-14-12(13)8-11/h5-6,8,10H,2-4,7,9H2,1H3,(H2,13,14). The lowest BCUT2D eigenvalue weighted by Gasteiger charge is -2.31. The van der Waals surface area contributed by atoms with E-state index in [-0.39, 0.29) is 16.8 Å². The zero-order valence-corrected chi connectivity index (χ0v) is 11.8. The van der Waals surface area contributed by atoms with Crippen molar-refractivity contribution < 1.29 is 13.2 Å². The lowest BCUT2D eigenvalue weighted by atomic mass is 10.1. The largest absolute Gasteiger partial charge is 0.384 e. The van der Waals surface area contributed by atoms with Gasteiger partial charge in [0.25, 0.3) is 0 Å². The van der Waals surface area contributed by atoms with Gasteiger partial charge >= 0.3 is 0 Å². The van der Waals surface area contributed by atoms with Crippen molar-refractivity contribution in [1.29, 1.82) is 0 Å². The summed E-state index contributed by atoms with van der Waals surface area (Å²) < 4.78 is 31.9. The van der Waals surface area contributed by atoms with Crippen molar-refractivity contribution in [2.24, 2.45) is 0 Å². The molecule has 1 aliphatic rings. The summed E-state index contributed by atoms with van der Waals surface area (Å²) in [5.74, 6) is 0.208. The molecule has 0 radical (unpaired) electrons. The Morgan fingerprint density at radius 2 is 2.37 bits per heavy atom. The minimum absolute atomic E-state index is 0.0206. The van der Waals surface area contributed by atoms with Gasteiger partial charge in [-0.05, 0) is 25.8 Å². The fourth-order valence-electron chi connectivity index (χ4n) is 2.23. The van der Waals surface area contributed by atoms with E-state index in [9.17, 15) is 8.42 Å². The molecular weight excluding hydrogens is 266 g/mol. The van der Waals surface area contributed by atoms with Gasteiger partial charge in [-0.2, -0.15) is 4.31 Å². The van der Waals surface area contributed by atoms with Crippen LogP contribution in [0.25, 0.3) is 0 Å². The Balaban J connectivity index is 2.19. The summed E-state index contributed by atoms with van der Waals surface area (Å²) in [4.78, 5) is 4.00. The van der Waals surface area contributed by atoms with Gasteiger partial charge in [0.2, 0.25) is 10.0 Å². The Bertz CT molecular complexity index is 531. The Hall–Kier alpha value is -1.18. The highest BCUT2D eigenvalue weighted by molar-refractivity contribution is 7.89. The van der Waals surface area contributed by atoms with E-state index in [2.05, 4.69) is 4.98 Å². The van der Waals surface area contributed by atoms with Crippen LogP contribution < -0.4 is 5.73 Å². The molecule has 0 amide bonds. The molecule has 1 unspecified atom stereocenters. The van der Waals surface area contributed by atoms with Gasteiger partial charge < -0.3 is 10.5 Å². The molecule has 1 fully saturated rings. The predicted octanol–water partition coefficient (Wildman–Crippen LogP) is 0.853. The second kappa shape index (κ2) is 5.85. The highest BCUT2D eigenvalue weighted by atomic mass is 32.2. The smallest absolute Gasteiger partial charge is 0.243 e. The SMILES string of the molecule is CCOC1CCCN(S(=O)(=O)c2ccnc(N)c2)C1. The normalized spacial score (nSPS) is 21.4. The van der Waals surface area contributed by atoms with Crippen LogP contribution >= 0.6 is 0 Å². The number of piperidine rings is 1. The highest BCUT2D eigenvalue weighted by Crippen LogP contribution is 2.22. The van der Waals surface area contributed by atoms with Gasteiger partial charge in [0.15, 0.2) is 0 Å². The molecule has 0 aliphatic carbocycles. The lowest BCUT2D eigenvalue weighted by Crippen LogP contribution is -2.43. The van der Waals surface area contributed by atoms with Crippen molar-refractivity contribution in [2.45, 2.75) is 30.8 Å². The number of sulfonamides is 1. The molecule has 7 heteroatoms. The molecule has 1 aromatic heterocycles. The molecule has 0 aromatic carbocycles. The minimum atomic E-state index is -3.50. The summed E-state index contributed by atoms with van der Waals surface area (Å²) in [5.41, 5.74) is 5.54. The number of hydrogen-bond acceptors (Lipinski definition) is 5. The van der Waals surface area contributed by atoms with Gasteiger partial charge in [-0.15, -0.1) is 0 Å². The lowest BCUT2D eigenvalue weighted by molar-refractivity contribution is 0.0265. The van der Waals surface area contributed by atoms with Crippen molar-refractivity contribution in [2.75, 3.05) is 25.4 Å². The molecule has 2 heterocycles. The second-order valence-electron chi connectivity index (χ2n) is 4.50. The van der Waals surface area contributed by atoms with E-state index in [1.54, 1.807) is 0 Å². The van der Waals surface area contributed by atoms with Gasteiger partial charge in [-0.25, -0.2) is 13.4 Å². The third-order valence-electron chi connectivity index (χ3n) is 3.13. The fraction of sp³-hybridized carbons (Fsp3) is 0.583. The quantitative estimate of drug-likeness (QED) is 0.886. The summed E-state index contributed by atoms with van der Waals surface area (Å²) in [7, 11) is -3.50. The molecule has 106 valence electrons. The van der Waals surface area contributed by atoms with E-state index in [0.717, 1.165) is 12.8 Å². The Morgan fingerprint density at radius 1 is 1.58 bits per heavy atom. The van der Waals surface area contributed by atoms with Gasteiger partial charge in [0, 0.05) is 32.0 Å². The van der Waals surface area contributed by atoms with Crippen LogP contribution in [0.2, 0.25) is 0 Å². The van der Waals surface area contributed by atoms with Gasteiger partial charge in [0.05, 0.1) is 11.0 Å². The molecule has 1 aromatic rings. The van der Waals surface area contributed by atoms with Crippen LogP contribution in [0.5, 0.6) is 0 Å². The maximum absolute atomic E-state index is 12.5. The third-order valence-corrected chi connectivity index (χ3v) is 4.99. The maximum Gasteiger partial charge on any atom is 0.243 e. The highest BCUT2D eigenvalue weighted by Gasteiger charge is 2.30. The first-order valence-electron chi connectivity index (χ1n) is 6.37. The number of pyridine rings is 1. The van der Waals surface area contributed by atoms with Crippen molar-refractivity contribution in [3.05, 3.63) is 18.3 Å². The molecule has 0 bridgehead atoms. The Morgan fingerprint density at radius 3 is 3.05 bits per heavy atom. The minimum Gasteiger partial charge on any atom is -0.384 e. The average molecular weight is 285 g/mol. The van der Waals surface area contributed by atoms with Crippen LogP contribution in [0.1, 0.15) is 19.8 Å². The molecule has 2 N–H and O–H groups in total. The van der Waals surface area contributed by atoms with E-state index >= 15 is 0 Å². The number of ether oxygens (including phenoxy) is 1. The molecule has 0 spiro atoms. The van der Waals surface area contributed by atoms with E-state index < -0.39 is 10.0 Å². The van der Waals surface area contributed by atoms with Crippen molar-refractivity contribution in [1.82, 2.24) is 9.29 Å². The van der Waals surface area contributed by atoms with E-state index in [1.807, 2.05) is 6.92 Å². The van der Waals surface area contributed by atoms with Crippen LogP contribution in [0.15, 0.2) is 23.2 Å². The van der Waals surface area contributed by atoms with Crippen LogP contribution in [-0.2, 0) is 14.8 Å². The van der Waals surface area contributed by atoms with Crippen LogP contribution in [0.4, 0.5) is 5.82 Å². The van der Waals surface area contributed by atoms with Gasteiger partial charge in [-0.1, -0.05) is 0 Å². The summed E-state index contributed by atoms with van der Waals surface area (Å²) in [6.45, 7) is 3.43. The molecule has 1 atom stereocenters. The number of hydrogen-bond donors (Lipinski definition) is 1. The number of anilines is 1. The van der Waals surface area contributed by atoms with Gasteiger partial charge in [-0.3, -0.25) is 0 Å². The summed E-state index contributed by atoms with van der Waals surface area (Å²) in [6, 6.07) is 2.86. The predicted molar refractivity (Wildman–Crippen MR) is 72.1 cm³/mol. The summed E-state index contributed by atoms with van der Waals surface area (Å²) >= 11 is 0. The number of rotatable bonds is 4. The van der Waals surface area contributed by atoms with Crippen molar-refractivity contribution in [3.8, 4) is 0 Å². The fourth-order valence-corrected chi connectivity index (χ4v) is 3.77. The van der Waals surface area contributed by atoms with Crippen molar-refractivity contribution >= 4 is 15.8 Å². The average Bonchev–Trinajstić information content (AvgIpc) is 2.39. The molecule has 0 saturated carbocycles. The number of nitrogens with zero attached hydrogens (tertiary/aromatic N) is 2.